The lowest BCUT2D eigenvalue weighted by Crippen LogP contribution is -2.42. The van der Waals surface area contributed by atoms with Gasteiger partial charge in [0.25, 0.3) is 0 Å². The Bertz CT molecular complexity index is 680. The number of ether oxygens (including phenoxy) is 1. The topological polar surface area (TPSA) is 58.5 Å². The highest BCUT2D eigenvalue weighted by Crippen LogP contribution is 2.14. The van der Waals surface area contributed by atoms with Crippen LogP contribution in [0.4, 0.5) is 4.39 Å². The van der Waals surface area contributed by atoms with E-state index < -0.39 is 0 Å². The van der Waals surface area contributed by atoms with Gasteiger partial charge in [-0.15, -0.1) is 35.3 Å². The molecular formula is C17H24FIN4OS. The van der Waals surface area contributed by atoms with Crippen LogP contribution in [0, 0.1) is 12.7 Å². The molecule has 8 heteroatoms. The first-order chi connectivity index (χ1) is 11.6. The van der Waals surface area contributed by atoms with Crippen LogP contribution >= 0.6 is 35.3 Å². The molecule has 0 fully saturated rings. The molecular weight excluding hydrogens is 454 g/mol. The molecule has 0 aliphatic heterocycles. The zero-order valence-electron chi connectivity index (χ0n) is 14.6. The van der Waals surface area contributed by atoms with Crippen LogP contribution in [0.3, 0.4) is 0 Å². The summed E-state index contributed by atoms with van der Waals surface area (Å²) in [5.41, 5.74) is 0. The van der Waals surface area contributed by atoms with Crippen molar-refractivity contribution in [1.29, 1.82) is 0 Å². The second-order valence-corrected chi connectivity index (χ2v) is 6.60. The highest BCUT2D eigenvalue weighted by atomic mass is 127. The largest absolute Gasteiger partial charge is 0.489 e. The predicted octanol–water partition coefficient (Wildman–Crippen LogP) is 3.73. The first-order valence-electron chi connectivity index (χ1n) is 7.88. The fourth-order valence-corrected chi connectivity index (χ4v) is 2.80. The SMILES string of the molecule is CCC(CNC(=NC)NCc1ncc(C)s1)Oc1cccc(F)c1.I. The number of aromatic nitrogens is 1. The predicted molar refractivity (Wildman–Crippen MR) is 112 cm³/mol. The fraction of sp³-hybridized carbons (Fsp3) is 0.412. The van der Waals surface area contributed by atoms with Crippen molar-refractivity contribution in [3.8, 4) is 5.75 Å². The summed E-state index contributed by atoms with van der Waals surface area (Å²) in [6, 6.07) is 6.18. The van der Waals surface area contributed by atoms with Gasteiger partial charge in [0.2, 0.25) is 0 Å². The summed E-state index contributed by atoms with van der Waals surface area (Å²) < 4.78 is 19.0. The molecule has 2 N–H and O–H groups in total. The van der Waals surface area contributed by atoms with Gasteiger partial charge in [-0.2, -0.15) is 0 Å². The highest BCUT2D eigenvalue weighted by Gasteiger charge is 2.10. The van der Waals surface area contributed by atoms with Crippen molar-refractivity contribution in [3.05, 3.63) is 46.2 Å². The summed E-state index contributed by atoms with van der Waals surface area (Å²) in [7, 11) is 1.72. The lowest BCUT2D eigenvalue weighted by molar-refractivity contribution is 0.199. The van der Waals surface area contributed by atoms with Crippen molar-refractivity contribution in [2.45, 2.75) is 32.9 Å². The maximum Gasteiger partial charge on any atom is 0.191 e. The summed E-state index contributed by atoms with van der Waals surface area (Å²) >= 11 is 1.66. The monoisotopic (exact) mass is 478 g/mol. The summed E-state index contributed by atoms with van der Waals surface area (Å²) in [4.78, 5) is 9.69. The number of rotatable bonds is 7. The van der Waals surface area contributed by atoms with Crippen LogP contribution in [0.1, 0.15) is 23.2 Å². The van der Waals surface area contributed by atoms with Gasteiger partial charge in [-0.1, -0.05) is 13.0 Å². The van der Waals surface area contributed by atoms with Gasteiger partial charge in [0.05, 0.1) is 13.1 Å². The molecule has 0 spiro atoms. The quantitative estimate of drug-likeness (QED) is 0.362. The number of nitrogens with one attached hydrogen (secondary N) is 2. The summed E-state index contributed by atoms with van der Waals surface area (Å²) in [6.07, 6.45) is 2.58. The minimum Gasteiger partial charge on any atom is -0.489 e. The Balaban J connectivity index is 0.00000312. The third-order valence-corrected chi connectivity index (χ3v) is 4.26. The number of nitrogens with zero attached hydrogens (tertiary/aromatic N) is 2. The van der Waals surface area contributed by atoms with Crippen molar-refractivity contribution < 1.29 is 9.13 Å². The minimum atomic E-state index is -0.300. The first kappa shape index (κ1) is 21.6. The highest BCUT2D eigenvalue weighted by molar-refractivity contribution is 14.0. The minimum absolute atomic E-state index is 0. The average molecular weight is 478 g/mol. The molecule has 0 radical (unpaired) electrons. The molecule has 0 aliphatic carbocycles. The molecule has 1 atom stereocenters. The third-order valence-electron chi connectivity index (χ3n) is 3.35. The molecule has 1 aromatic heterocycles. The zero-order chi connectivity index (χ0) is 17.4. The molecule has 1 aromatic carbocycles. The van der Waals surface area contributed by atoms with E-state index in [9.17, 15) is 4.39 Å². The van der Waals surface area contributed by atoms with Crippen LogP contribution in [-0.2, 0) is 6.54 Å². The molecule has 0 aliphatic rings. The average Bonchev–Trinajstić information content (AvgIpc) is 2.99. The first-order valence-corrected chi connectivity index (χ1v) is 8.70. The van der Waals surface area contributed by atoms with E-state index in [1.165, 1.54) is 17.0 Å². The molecule has 25 heavy (non-hydrogen) atoms. The van der Waals surface area contributed by atoms with Crippen LogP contribution < -0.4 is 15.4 Å². The van der Waals surface area contributed by atoms with E-state index in [1.807, 2.05) is 20.0 Å². The molecule has 0 amide bonds. The molecule has 5 nitrogen and oxygen atoms in total. The van der Waals surface area contributed by atoms with Gasteiger partial charge < -0.3 is 15.4 Å². The Kier molecular flexibility index (Phi) is 9.73. The van der Waals surface area contributed by atoms with Crippen LogP contribution in [-0.4, -0.2) is 30.6 Å². The van der Waals surface area contributed by atoms with Crippen molar-refractivity contribution in [2.75, 3.05) is 13.6 Å². The van der Waals surface area contributed by atoms with E-state index in [2.05, 4.69) is 20.6 Å². The maximum atomic E-state index is 13.2. The van der Waals surface area contributed by atoms with Crippen LogP contribution in [0.25, 0.3) is 0 Å². The molecule has 0 saturated heterocycles. The van der Waals surface area contributed by atoms with Crippen molar-refractivity contribution >= 4 is 41.3 Å². The van der Waals surface area contributed by atoms with Gasteiger partial charge in [0.1, 0.15) is 22.7 Å². The molecule has 0 saturated carbocycles. The number of hydrogen-bond acceptors (Lipinski definition) is 4. The molecule has 138 valence electrons. The molecule has 1 unspecified atom stereocenters. The normalized spacial score (nSPS) is 12.2. The van der Waals surface area contributed by atoms with E-state index in [0.29, 0.717) is 24.8 Å². The van der Waals surface area contributed by atoms with Gasteiger partial charge in [-0.25, -0.2) is 9.37 Å². The Morgan fingerprint density at radius 2 is 2.20 bits per heavy atom. The Morgan fingerprint density at radius 3 is 2.80 bits per heavy atom. The molecule has 2 aromatic rings. The molecule has 0 bridgehead atoms. The smallest absolute Gasteiger partial charge is 0.191 e. The fourth-order valence-electron chi connectivity index (χ4n) is 2.08. The lowest BCUT2D eigenvalue weighted by Gasteiger charge is -2.19. The van der Waals surface area contributed by atoms with Gasteiger partial charge >= 0.3 is 0 Å². The maximum absolute atomic E-state index is 13.2. The number of benzene rings is 1. The van der Waals surface area contributed by atoms with E-state index in [1.54, 1.807) is 30.5 Å². The van der Waals surface area contributed by atoms with Crippen molar-refractivity contribution in [3.63, 3.8) is 0 Å². The van der Waals surface area contributed by atoms with E-state index in [0.717, 1.165) is 11.4 Å². The molecule has 2 rings (SSSR count). The van der Waals surface area contributed by atoms with Gasteiger partial charge in [0, 0.05) is 24.2 Å². The lowest BCUT2D eigenvalue weighted by atomic mass is 10.2. The van der Waals surface area contributed by atoms with Gasteiger partial charge in [-0.05, 0) is 25.5 Å². The van der Waals surface area contributed by atoms with E-state index in [-0.39, 0.29) is 35.9 Å². The Morgan fingerprint density at radius 1 is 1.40 bits per heavy atom. The zero-order valence-corrected chi connectivity index (χ0v) is 17.7. The summed E-state index contributed by atoms with van der Waals surface area (Å²) in [5.74, 6) is 0.917. The number of guanidine groups is 1. The van der Waals surface area contributed by atoms with Gasteiger partial charge in [0.15, 0.2) is 5.96 Å². The number of aryl methyl sites for hydroxylation is 1. The second-order valence-electron chi connectivity index (χ2n) is 5.28. The van der Waals surface area contributed by atoms with Crippen LogP contribution in [0.5, 0.6) is 5.75 Å². The van der Waals surface area contributed by atoms with Gasteiger partial charge in [-0.3, -0.25) is 4.99 Å². The number of halogens is 2. The number of aliphatic imine (C=N–C) groups is 1. The van der Waals surface area contributed by atoms with Crippen LogP contribution in [0.2, 0.25) is 0 Å². The van der Waals surface area contributed by atoms with Crippen molar-refractivity contribution in [2.24, 2.45) is 4.99 Å². The number of hydrogen-bond donors (Lipinski definition) is 2. The van der Waals surface area contributed by atoms with Crippen LogP contribution in [0.15, 0.2) is 35.5 Å². The summed E-state index contributed by atoms with van der Waals surface area (Å²) in [6.45, 7) is 5.26. The Hall–Kier alpha value is -1.42. The van der Waals surface area contributed by atoms with E-state index >= 15 is 0 Å². The summed E-state index contributed by atoms with van der Waals surface area (Å²) in [5, 5.41) is 7.46. The molecule has 1 heterocycles. The van der Waals surface area contributed by atoms with E-state index in [4.69, 9.17) is 4.74 Å². The Labute approximate surface area is 169 Å². The standard InChI is InChI=1S/C17H23FN4OS.HI/c1-4-14(23-15-7-5-6-13(18)8-15)10-21-17(19-3)22-11-16-20-9-12(2)24-16;/h5-9,14H,4,10-11H2,1-3H3,(H2,19,21,22);1H. The van der Waals surface area contributed by atoms with Crippen molar-refractivity contribution in [1.82, 2.24) is 15.6 Å². The number of thiazole rings is 1. The second kappa shape index (κ2) is 11.2. The third kappa shape index (κ3) is 7.55.